The monoisotopic (exact) mass is 184 g/mol. The van der Waals surface area contributed by atoms with E-state index in [-0.39, 0.29) is 0 Å². The number of thioether (sulfide) groups is 1. The average molecular weight is 184 g/mol. The summed E-state index contributed by atoms with van der Waals surface area (Å²) >= 11 is 2.07. The van der Waals surface area contributed by atoms with Crippen molar-refractivity contribution in [3.05, 3.63) is 12.2 Å². The Hall–Kier alpha value is 0.0900. The quantitative estimate of drug-likeness (QED) is 0.557. The zero-order valence-electron chi connectivity index (χ0n) is 8.31. The lowest BCUT2D eigenvalue weighted by Gasteiger charge is -2.27. The molecule has 0 spiro atoms. The van der Waals surface area contributed by atoms with E-state index in [4.69, 9.17) is 0 Å². The van der Waals surface area contributed by atoms with E-state index in [2.05, 4.69) is 37.8 Å². The molecule has 0 saturated carbocycles. The van der Waals surface area contributed by atoms with Crippen molar-refractivity contribution in [3.8, 4) is 0 Å². The van der Waals surface area contributed by atoms with E-state index in [1.165, 1.54) is 37.2 Å². The Morgan fingerprint density at radius 3 is 2.92 bits per heavy atom. The topological polar surface area (TPSA) is 0 Å². The number of hydrogen-bond donors (Lipinski definition) is 0. The highest BCUT2D eigenvalue weighted by molar-refractivity contribution is 7.99. The van der Waals surface area contributed by atoms with Crippen molar-refractivity contribution in [1.82, 2.24) is 0 Å². The van der Waals surface area contributed by atoms with E-state index in [1.807, 2.05) is 0 Å². The standard InChI is InChI=1S/C11H20S/c1-3-11(2)7-5-4-6-9-12-10-8-11/h4,6H,3,5,7-10H2,1-2H3. The van der Waals surface area contributed by atoms with Crippen LogP contribution in [0.1, 0.15) is 39.5 Å². The van der Waals surface area contributed by atoms with E-state index in [0.717, 1.165) is 0 Å². The summed E-state index contributed by atoms with van der Waals surface area (Å²) in [6, 6.07) is 0. The minimum atomic E-state index is 0.613. The van der Waals surface area contributed by atoms with Gasteiger partial charge in [-0.05, 0) is 30.4 Å². The van der Waals surface area contributed by atoms with Gasteiger partial charge in [-0.15, -0.1) is 0 Å². The highest BCUT2D eigenvalue weighted by Crippen LogP contribution is 2.33. The minimum absolute atomic E-state index is 0.613. The van der Waals surface area contributed by atoms with Crippen molar-refractivity contribution >= 4 is 11.8 Å². The molecular formula is C11H20S. The zero-order valence-corrected chi connectivity index (χ0v) is 9.12. The van der Waals surface area contributed by atoms with Crippen LogP contribution in [0.15, 0.2) is 12.2 Å². The molecule has 0 aromatic heterocycles. The third kappa shape index (κ3) is 3.22. The third-order valence-electron chi connectivity index (χ3n) is 3.00. The second-order valence-corrected chi connectivity index (χ2v) is 5.15. The molecule has 1 rings (SSSR count). The van der Waals surface area contributed by atoms with Gasteiger partial charge in [-0.1, -0.05) is 32.4 Å². The maximum Gasteiger partial charge on any atom is 0.0113 e. The molecule has 0 amide bonds. The smallest absolute Gasteiger partial charge is 0.0113 e. The lowest BCUT2D eigenvalue weighted by Crippen LogP contribution is -2.15. The molecule has 12 heavy (non-hydrogen) atoms. The highest BCUT2D eigenvalue weighted by atomic mass is 32.2. The summed E-state index contributed by atoms with van der Waals surface area (Å²) in [4.78, 5) is 0. The first-order chi connectivity index (χ1) is 5.77. The Balaban J connectivity index is 2.46. The van der Waals surface area contributed by atoms with Gasteiger partial charge in [0.2, 0.25) is 0 Å². The van der Waals surface area contributed by atoms with Gasteiger partial charge >= 0.3 is 0 Å². The Labute approximate surface area is 80.8 Å². The predicted molar refractivity (Wildman–Crippen MR) is 58.7 cm³/mol. The first-order valence-corrected chi connectivity index (χ1v) is 6.15. The first-order valence-electron chi connectivity index (χ1n) is 4.99. The molecule has 1 atom stereocenters. The SMILES string of the molecule is CCC1(C)CCC=CCSCC1. The van der Waals surface area contributed by atoms with E-state index >= 15 is 0 Å². The average Bonchev–Trinajstić information content (AvgIpc) is 2.18. The Bertz CT molecular complexity index is 151. The van der Waals surface area contributed by atoms with Gasteiger partial charge in [0.25, 0.3) is 0 Å². The van der Waals surface area contributed by atoms with Gasteiger partial charge in [0.05, 0.1) is 0 Å². The van der Waals surface area contributed by atoms with E-state index in [0.29, 0.717) is 5.41 Å². The molecule has 0 aromatic carbocycles. The minimum Gasteiger partial charge on any atom is -0.158 e. The number of allylic oxidation sites excluding steroid dienone is 1. The summed E-state index contributed by atoms with van der Waals surface area (Å²) in [6.45, 7) is 4.76. The molecule has 0 aromatic rings. The van der Waals surface area contributed by atoms with E-state index < -0.39 is 0 Å². The second-order valence-electron chi connectivity index (χ2n) is 4.00. The molecule has 1 unspecified atom stereocenters. The molecule has 1 aliphatic heterocycles. The first kappa shape index (κ1) is 10.2. The van der Waals surface area contributed by atoms with Gasteiger partial charge in [-0.2, -0.15) is 11.8 Å². The second kappa shape index (κ2) is 4.96. The van der Waals surface area contributed by atoms with Gasteiger partial charge in [0.1, 0.15) is 0 Å². The molecule has 1 heteroatoms. The molecule has 0 N–H and O–H groups in total. The van der Waals surface area contributed by atoms with Crippen molar-refractivity contribution in [2.24, 2.45) is 5.41 Å². The third-order valence-corrected chi connectivity index (χ3v) is 3.92. The van der Waals surface area contributed by atoms with Crippen LogP contribution in [0.25, 0.3) is 0 Å². The maximum atomic E-state index is 2.44. The Morgan fingerprint density at radius 1 is 1.33 bits per heavy atom. The van der Waals surface area contributed by atoms with Gasteiger partial charge in [-0.3, -0.25) is 0 Å². The lowest BCUT2D eigenvalue weighted by atomic mass is 9.80. The van der Waals surface area contributed by atoms with Crippen molar-refractivity contribution in [3.63, 3.8) is 0 Å². The van der Waals surface area contributed by atoms with E-state index in [1.54, 1.807) is 0 Å². The van der Waals surface area contributed by atoms with Crippen LogP contribution in [0.4, 0.5) is 0 Å². The fraction of sp³-hybridized carbons (Fsp3) is 0.818. The van der Waals surface area contributed by atoms with Crippen LogP contribution in [-0.2, 0) is 0 Å². The maximum absolute atomic E-state index is 2.44. The van der Waals surface area contributed by atoms with Crippen LogP contribution in [0.2, 0.25) is 0 Å². The lowest BCUT2D eigenvalue weighted by molar-refractivity contribution is 0.278. The molecule has 0 saturated heterocycles. The van der Waals surface area contributed by atoms with Crippen LogP contribution in [0.3, 0.4) is 0 Å². The normalized spacial score (nSPS) is 32.2. The summed E-state index contributed by atoms with van der Waals surface area (Å²) in [6.07, 6.45) is 10.1. The summed E-state index contributed by atoms with van der Waals surface area (Å²) in [5.74, 6) is 2.56. The summed E-state index contributed by atoms with van der Waals surface area (Å²) < 4.78 is 0. The van der Waals surface area contributed by atoms with Crippen molar-refractivity contribution in [1.29, 1.82) is 0 Å². The van der Waals surface area contributed by atoms with Gasteiger partial charge in [0, 0.05) is 5.75 Å². The summed E-state index contributed by atoms with van der Waals surface area (Å²) in [5, 5.41) is 0. The van der Waals surface area contributed by atoms with Crippen molar-refractivity contribution in [2.75, 3.05) is 11.5 Å². The van der Waals surface area contributed by atoms with E-state index in [9.17, 15) is 0 Å². The highest BCUT2D eigenvalue weighted by Gasteiger charge is 2.20. The summed E-state index contributed by atoms with van der Waals surface area (Å²) in [5.41, 5.74) is 0.613. The molecule has 1 heterocycles. The Kier molecular flexibility index (Phi) is 4.20. The molecule has 0 bridgehead atoms. The number of rotatable bonds is 1. The fourth-order valence-corrected chi connectivity index (χ4v) is 2.64. The van der Waals surface area contributed by atoms with Crippen molar-refractivity contribution < 1.29 is 0 Å². The predicted octanol–water partition coefficient (Wildman–Crippen LogP) is 3.88. The van der Waals surface area contributed by atoms with Crippen LogP contribution >= 0.6 is 11.8 Å². The van der Waals surface area contributed by atoms with Crippen LogP contribution in [0.5, 0.6) is 0 Å². The van der Waals surface area contributed by atoms with Gasteiger partial charge < -0.3 is 0 Å². The summed E-state index contributed by atoms with van der Waals surface area (Å²) in [7, 11) is 0. The zero-order chi connectivity index (χ0) is 8.86. The Morgan fingerprint density at radius 2 is 2.17 bits per heavy atom. The van der Waals surface area contributed by atoms with Crippen LogP contribution in [0, 0.1) is 5.41 Å². The largest absolute Gasteiger partial charge is 0.158 e. The fourth-order valence-electron chi connectivity index (χ4n) is 1.57. The van der Waals surface area contributed by atoms with Gasteiger partial charge in [0.15, 0.2) is 0 Å². The molecule has 0 radical (unpaired) electrons. The molecule has 1 aliphatic rings. The molecule has 70 valence electrons. The molecular weight excluding hydrogens is 164 g/mol. The molecule has 0 fully saturated rings. The van der Waals surface area contributed by atoms with Crippen LogP contribution < -0.4 is 0 Å². The number of hydrogen-bond acceptors (Lipinski definition) is 1. The molecule has 0 aliphatic carbocycles. The van der Waals surface area contributed by atoms with Crippen molar-refractivity contribution in [2.45, 2.75) is 39.5 Å². The van der Waals surface area contributed by atoms with Crippen LogP contribution in [-0.4, -0.2) is 11.5 Å². The molecule has 0 nitrogen and oxygen atoms in total. The van der Waals surface area contributed by atoms with Gasteiger partial charge in [-0.25, -0.2) is 0 Å².